The van der Waals surface area contributed by atoms with Crippen LogP contribution in [0.2, 0.25) is 0 Å². The molecule has 2 amide bonds. The summed E-state index contributed by atoms with van der Waals surface area (Å²) in [6, 6.07) is 14.9. The van der Waals surface area contributed by atoms with E-state index < -0.39 is 0 Å². The third-order valence-corrected chi connectivity index (χ3v) is 5.50. The fourth-order valence-electron chi connectivity index (χ4n) is 4.09. The Morgan fingerprint density at radius 3 is 2.83 bits per heavy atom. The second-order valence-corrected chi connectivity index (χ2v) is 7.54. The van der Waals surface area contributed by atoms with Crippen molar-refractivity contribution in [2.45, 2.75) is 45.1 Å². The van der Waals surface area contributed by atoms with Crippen LogP contribution in [0.3, 0.4) is 0 Å². The molecule has 0 radical (unpaired) electrons. The molecule has 2 aliphatic rings. The van der Waals surface area contributed by atoms with E-state index in [1.54, 1.807) is 12.1 Å². The molecule has 1 aliphatic carbocycles. The summed E-state index contributed by atoms with van der Waals surface area (Å²) in [6.07, 6.45) is 4.51. The summed E-state index contributed by atoms with van der Waals surface area (Å²) in [6.45, 7) is 2.39. The molecule has 6 heteroatoms. The van der Waals surface area contributed by atoms with Crippen LogP contribution in [0.25, 0.3) is 0 Å². The van der Waals surface area contributed by atoms with Crippen molar-refractivity contribution in [3.63, 3.8) is 0 Å². The van der Waals surface area contributed by atoms with Gasteiger partial charge < -0.3 is 10.1 Å². The Morgan fingerprint density at radius 1 is 1.13 bits per heavy atom. The summed E-state index contributed by atoms with van der Waals surface area (Å²) in [5, 5.41) is 11.1. The standard InChI is InChI=1S/C24H25N3O3/c1-2-30-22-13-6-5-12-20(22)23(28)25-17-9-7-8-16(14-17)15-21-18-10-3-4-11-19(18)24(29)27-26-21/h5-9,12-14,21H,2-4,10-11,15H2,1H3,(H,25,28). The Kier molecular flexibility index (Phi) is 6.02. The third-order valence-electron chi connectivity index (χ3n) is 5.50. The van der Waals surface area contributed by atoms with E-state index in [-0.39, 0.29) is 17.9 Å². The van der Waals surface area contributed by atoms with Gasteiger partial charge in [0.25, 0.3) is 11.8 Å². The van der Waals surface area contributed by atoms with Gasteiger partial charge in [-0.1, -0.05) is 24.3 Å². The minimum atomic E-state index is -0.212. The molecule has 2 aromatic carbocycles. The molecule has 0 fully saturated rings. The molecule has 154 valence electrons. The molecule has 6 nitrogen and oxygen atoms in total. The molecule has 1 unspecified atom stereocenters. The second-order valence-electron chi connectivity index (χ2n) is 7.54. The van der Waals surface area contributed by atoms with Gasteiger partial charge in [0.2, 0.25) is 0 Å². The highest BCUT2D eigenvalue weighted by molar-refractivity contribution is 6.06. The van der Waals surface area contributed by atoms with Gasteiger partial charge >= 0.3 is 0 Å². The fraction of sp³-hybridized carbons (Fsp3) is 0.333. The van der Waals surface area contributed by atoms with E-state index in [1.165, 1.54) is 0 Å². The second kappa shape index (κ2) is 9.03. The number of nitrogens with one attached hydrogen (secondary N) is 1. The quantitative estimate of drug-likeness (QED) is 0.728. The van der Waals surface area contributed by atoms with E-state index in [9.17, 15) is 9.59 Å². The zero-order chi connectivity index (χ0) is 20.9. The molecule has 0 spiro atoms. The van der Waals surface area contributed by atoms with Crippen LogP contribution in [-0.2, 0) is 11.2 Å². The van der Waals surface area contributed by atoms with Crippen LogP contribution in [0.15, 0.2) is 69.9 Å². The van der Waals surface area contributed by atoms with Crippen molar-refractivity contribution in [1.82, 2.24) is 0 Å². The lowest BCUT2D eigenvalue weighted by atomic mass is 9.84. The lowest BCUT2D eigenvalue weighted by molar-refractivity contribution is -0.115. The van der Waals surface area contributed by atoms with Crippen LogP contribution < -0.4 is 10.1 Å². The molecule has 0 saturated carbocycles. The maximum absolute atomic E-state index is 12.8. The Bertz CT molecular complexity index is 1030. The number of ether oxygens (including phenoxy) is 1. The molecule has 1 heterocycles. The van der Waals surface area contributed by atoms with Crippen molar-refractivity contribution in [3.8, 4) is 5.75 Å². The molecule has 30 heavy (non-hydrogen) atoms. The average molecular weight is 403 g/mol. The Morgan fingerprint density at radius 2 is 1.97 bits per heavy atom. The van der Waals surface area contributed by atoms with Gasteiger partial charge in [-0.05, 0) is 68.0 Å². The first-order chi connectivity index (χ1) is 14.7. The number of hydrogen-bond donors (Lipinski definition) is 1. The van der Waals surface area contributed by atoms with Crippen molar-refractivity contribution in [1.29, 1.82) is 0 Å². The summed E-state index contributed by atoms with van der Waals surface area (Å²) in [5.41, 5.74) is 4.26. The highest BCUT2D eigenvalue weighted by Gasteiger charge is 2.28. The number of anilines is 1. The maximum atomic E-state index is 12.8. The maximum Gasteiger partial charge on any atom is 0.291 e. The molecule has 0 aromatic heterocycles. The van der Waals surface area contributed by atoms with E-state index in [2.05, 4.69) is 15.5 Å². The van der Waals surface area contributed by atoms with Crippen LogP contribution in [0.1, 0.15) is 48.5 Å². The van der Waals surface area contributed by atoms with Gasteiger partial charge in [0.1, 0.15) is 5.75 Å². The van der Waals surface area contributed by atoms with Crippen molar-refractivity contribution in [2.75, 3.05) is 11.9 Å². The van der Waals surface area contributed by atoms with E-state index in [4.69, 9.17) is 4.74 Å². The summed E-state index contributed by atoms with van der Waals surface area (Å²) < 4.78 is 5.56. The number of amides is 2. The largest absolute Gasteiger partial charge is 0.493 e. The number of para-hydroxylation sites is 1. The van der Waals surface area contributed by atoms with E-state index >= 15 is 0 Å². The number of benzene rings is 2. The predicted octanol–water partition coefficient (Wildman–Crippen LogP) is 5.11. The van der Waals surface area contributed by atoms with Gasteiger partial charge in [-0.25, -0.2) is 0 Å². The molecular formula is C24H25N3O3. The van der Waals surface area contributed by atoms with E-state index in [1.807, 2.05) is 43.3 Å². The van der Waals surface area contributed by atoms with Gasteiger partial charge in [0.05, 0.1) is 18.2 Å². The molecule has 4 rings (SSSR count). The SMILES string of the molecule is CCOc1ccccc1C(=O)Nc1cccc(CC2N=NC(=O)C3=C2CCCC3)c1. The number of carbonyl (C=O) groups excluding carboxylic acids is 2. The van der Waals surface area contributed by atoms with Crippen LogP contribution in [0.5, 0.6) is 5.75 Å². The number of nitrogens with zero attached hydrogens (tertiary/aromatic N) is 2. The van der Waals surface area contributed by atoms with Crippen LogP contribution in [0, 0.1) is 0 Å². The molecule has 0 bridgehead atoms. The molecule has 2 aromatic rings. The topological polar surface area (TPSA) is 80.1 Å². The van der Waals surface area contributed by atoms with Crippen molar-refractivity contribution < 1.29 is 14.3 Å². The number of hydrogen-bond acceptors (Lipinski definition) is 4. The Balaban J connectivity index is 1.50. The van der Waals surface area contributed by atoms with Crippen molar-refractivity contribution in [3.05, 3.63) is 70.8 Å². The van der Waals surface area contributed by atoms with Crippen LogP contribution in [-0.4, -0.2) is 24.5 Å². The number of carbonyl (C=O) groups is 2. The summed E-state index contributed by atoms with van der Waals surface area (Å²) in [4.78, 5) is 24.8. The minimum absolute atomic E-state index is 0.0948. The lowest BCUT2D eigenvalue weighted by Crippen LogP contribution is -2.23. The zero-order valence-corrected chi connectivity index (χ0v) is 17.1. The van der Waals surface area contributed by atoms with Gasteiger partial charge in [0, 0.05) is 17.7 Å². The molecule has 1 aliphatic heterocycles. The number of azo groups is 1. The van der Waals surface area contributed by atoms with Crippen molar-refractivity contribution >= 4 is 17.5 Å². The molecule has 1 atom stereocenters. The van der Waals surface area contributed by atoms with Gasteiger partial charge in [0.15, 0.2) is 0 Å². The first-order valence-corrected chi connectivity index (χ1v) is 10.4. The molecule has 1 N–H and O–H groups in total. The first kappa shape index (κ1) is 20.0. The third kappa shape index (κ3) is 4.32. The summed E-state index contributed by atoms with van der Waals surface area (Å²) >= 11 is 0. The van der Waals surface area contributed by atoms with E-state index in [0.29, 0.717) is 30.0 Å². The summed E-state index contributed by atoms with van der Waals surface area (Å²) in [5.74, 6) is 0.184. The average Bonchev–Trinajstić information content (AvgIpc) is 2.77. The summed E-state index contributed by atoms with van der Waals surface area (Å²) in [7, 11) is 0. The van der Waals surface area contributed by atoms with Crippen LogP contribution in [0.4, 0.5) is 5.69 Å². The first-order valence-electron chi connectivity index (χ1n) is 10.4. The van der Waals surface area contributed by atoms with E-state index in [0.717, 1.165) is 42.4 Å². The lowest BCUT2D eigenvalue weighted by Gasteiger charge is -2.25. The Hall–Kier alpha value is -3.28. The highest BCUT2D eigenvalue weighted by Crippen LogP contribution is 2.34. The smallest absolute Gasteiger partial charge is 0.291 e. The van der Waals surface area contributed by atoms with Crippen molar-refractivity contribution in [2.24, 2.45) is 10.2 Å². The zero-order valence-electron chi connectivity index (χ0n) is 17.1. The van der Waals surface area contributed by atoms with Gasteiger partial charge in [-0.2, -0.15) is 5.11 Å². The van der Waals surface area contributed by atoms with Crippen LogP contribution >= 0.6 is 0 Å². The normalized spacial score (nSPS) is 18.2. The molecular weight excluding hydrogens is 378 g/mol. The van der Waals surface area contributed by atoms with Gasteiger partial charge in [-0.3, -0.25) is 9.59 Å². The fourth-order valence-corrected chi connectivity index (χ4v) is 4.09. The predicted molar refractivity (Wildman–Crippen MR) is 115 cm³/mol. The van der Waals surface area contributed by atoms with Gasteiger partial charge in [-0.15, -0.1) is 5.11 Å². The monoisotopic (exact) mass is 403 g/mol. The highest BCUT2D eigenvalue weighted by atomic mass is 16.5. The number of rotatable bonds is 6. The Labute approximate surface area is 176 Å². The minimum Gasteiger partial charge on any atom is -0.493 e. The molecule has 0 saturated heterocycles.